The van der Waals surface area contributed by atoms with E-state index in [-0.39, 0.29) is 0 Å². The minimum Gasteiger partial charge on any atom is -0.328 e. The van der Waals surface area contributed by atoms with Gasteiger partial charge >= 0.3 is 0 Å². The van der Waals surface area contributed by atoms with Gasteiger partial charge in [-0.3, -0.25) is 4.90 Å². The van der Waals surface area contributed by atoms with Crippen LogP contribution in [0.2, 0.25) is 0 Å². The molecule has 0 bridgehead atoms. The molecule has 5 heteroatoms. The van der Waals surface area contributed by atoms with Crippen LogP contribution in [0, 0.1) is 0 Å². The van der Waals surface area contributed by atoms with Crippen molar-refractivity contribution in [2.75, 3.05) is 6.54 Å². The number of aromatic nitrogens is 3. The van der Waals surface area contributed by atoms with E-state index >= 15 is 0 Å². The van der Waals surface area contributed by atoms with Crippen molar-refractivity contribution >= 4 is 0 Å². The van der Waals surface area contributed by atoms with Crippen molar-refractivity contribution in [3.63, 3.8) is 0 Å². The summed E-state index contributed by atoms with van der Waals surface area (Å²) < 4.78 is 2.14. The monoisotopic (exact) mass is 207 g/mol. The molecule has 15 heavy (non-hydrogen) atoms. The lowest BCUT2D eigenvalue weighted by molar-refractivity contribution is 0.153. The summed E-state index contributed by atoms with van der Waals surface area (Å²) in [6.45, 7) is 3.08. The number of hydrogen-bond acceptors (Lipinski definition) is 4. The van der Waals surface area contributed by atoms with E-state index in [0.717, 1.165) is 31.9 Å². The highest BCUT2D eigenvalue weighted by Gasteiger charge is 2.29. The lowest BCUT2D eigenvalue weighted by Gasteiger charge is -2.32. The summed E-state index contributed by atoms with van der Waals surface area (Å²) in [7, 11) is 0. The molecule has 1 aliphatic carbocycles. The van der Waals surface area contributed by atoms with Crippen LogP contribution in [0.1, 0.15) is 25.1 Å². The Labute approximate surface area is 89.3 Å². The van der Waals surface area contributed by atoms with Crippen LogP contribution >= 0.6 is 0 Å². The Morgan fingerprint density at radius 1 is 1.33 bits per heavy atom. The predicted octanol–water partition coefficient (Wildman–Crippen LogP) is -0.0265. The SMILES string of the molecule is NC1CCC(N2CCn3cnnc3C2)C1. The first-order valence-electron chi connectivity index (χ1n) is 5.69. The molecule has 2 aliphatic rings. The third-order valence-corrected chi connectivity index (χ3v) is 3.63. The largest absolute Gasteiger partial charge is 0.328 e. The van der Waals surface area contributed by atoms with Gasteiger partial charge in [-0.2, -0.15) is 0 Å². The van der Waals surface area contributed by atoms with Crippen molar-refractivity contribution < 1.29 is 0 Å². The van der Waals surface area contributed by atoms with Crippen LogP contribution in [0.4, 0.5) is 0 Å². The molecule has 2 N–H and O–H groups in total. The quantitative estimate of drug-likeness (QED) is 0.702. The zero-order valence-electron chi connectivity index (χ0n) is 8.84. The van der Waals surface area contributed by atoms with Gasteiger partial charge in [-0.05, 0) is 19.3 Å². The average molecular weight is 207 g/mol. The molecular weight excluding hydrogens is 190 g/mol. The maximum atomic E-state index is 5.95. The second-order valence-electron chi connectivity index (χ2n) is 4.64. The third kappa shape index (κ3) is 1.66. The highest BCUT2D eigenvalue weighted by atomic mass is 15.3. The molecule has 3 rings (SSSR count). The van der Waals surface area contributed by atoms with E-state index in [0.29, 0.717) is 12.1 Å². The van der Waals surface area contributed by atoms with Crippen LogP contribution in [0.25, 0.3) is 0 Å². The molecule has 1 saturated carbocycles. The Hall–Kier alpha value is -0.940. The molecule has 1 fully saturated rings. The van der Waals surface area contributed by atoms with Gasteiger partial charge in [-0.15, -0.1) is 10.2 Å². The number of hydrogen-bond donors (Lipinski definition) is 1. The second-order valence-corrected chi connectivity index (χ2v) is 4.64. The Morgan fingerprint density at radius 2 is 2.27 bits per heavy atom. The number of nitrogens with zero attached hydrogens (tertiary/aromatic N) is 4. The van der Waals surface area contributed by atoms with Gasteiger partial charge in [0.05, 0.1) is 6.54 Å². The topological polar surface area (TPSA) is 60.0 Å². The van der Waals surface area contributed by atoms with E-state index < -0.39 is 0 Å². The zero-order chi connectivity index (χ0) is 10.3. The van der Waals surface area contributed by atoms with Crippen LogP contribution < -0.4 is 5.73 Å². The van der Waals surface area contributed by atoms with Crippen molar-refractivity contribution in [2.45, 2.75) is 44.4 Å². The highest BCUT2D eigenvalue weighted by molar-refractivity contribution is 4.94. The Kier molecular flexibility index (Phi) is 2.21. The minimum atomic E-state index is 0.412. The molecule has 2 heterocycles. The molecule has 0 spiro atoms. The summed E-state index contributed by atoms with van der Waals surface area (Å²) in [6.07, 6.45) is 5.39. The van der Waals surface area contributed by atoms with E-state index in [9.17, 15) is 0 Å². The Bertz CT molecular complexity index is 347. The van der Waals surface area contributed by atoms with Gasteiger partial charge in [-0.25, -0.2) is 0 Å². The van der Waals surface area contributed by atoms with Crippen LogP contribution in [0.15, 0.2) is 6.33 Å². The minimum absolute atomic E-state index is 0.412. The fourth-order valence-corrected chi connectivity index (χ4v) is 2.72. The highest BCUT2D eigenvalue weighted by Crippen LogP contribution is 2.25. The van der Waals surface area contributed by atoms with Gasteiger partial charge in [0.2, 0.25) is 0 Å². The summed E-state index contributed by atoms with van der Waals surface area (Å²) >= 11 is 0. The molecule has 0 amide bonds. The molecule has 1 aromatic rings. The summed E-state index contributed by atoms with van der Waals surface area (Å²) in [5.74, 6) is 1.10. The summed E-state index contributed by atoms with van der Waals surface area (Å²) in [4.78, 5) is 2.51. The second kappa shape index (κ2) is 3.57. The molecule has 1 aromatic heterocycles. The van der Waals surface area contributed by atoms with Gasteiger partial charge in [-0.1, -0.05) is 0 Å². The Balaban J connectivity index is 1.71. The molecule has 1 aliphatic heterocycles. The van der Waals surface area contributed by atoms with Crippen molar-refractivity contribution in [3.8, 4) is 0 Å². The fourth-order valence-electron chi connectivity index (χ4n) is 2.72. The lowest BCUT2D eigenvalue weighted by atomic mass is 10.2. The standard InChI is InChI=1S/C10H17N5/c11-8-1-2-9(5-8)14-3-4-15-7-12-13-10(15)6-14/h7-9H,1-6,11H2. The van der Waals surface area contributed by atoms with Crippen molar-refractivity contribution in [1.82, 2.24) is 19.7 Å². The maximum absolute atomic E-state index is 5.95. The van der Waals surface area contributed by atoms with Gasteiger partial charge < -0.3 is 10.3 Å². The molecule has 0 radical (unpaired) electrons. The van der Waals surface area contributed by atoms with Crippen molar-refractivity contribution in [1.29, 1.82) is 0 Å². The predicted molar refractivity (Wildman–Crippen MR) is 56.0 cm³/mol. The first-order valence-corrected chi connectivity index (χ1v) is 5.69. The summed E-state index contributed by atoms with van der Waals surface area (Å²) in [5.41, 5.74) is 5.95. The normalized spacial score (nSPS) is 31.8. The van der Waals surface area contributed by atoms with Crippen LogP contribution in [0.3, 0.4) is 0 Å². The molecule has 0 saturated heterocycles. The molecule has 0 aromatic carbocycles. The molecule has 2 unspecified atom stereocenters. The zero-order valence-corrected chi connectivity index (χ0v) is 8.84. The summed E-state index contributed by atoms with van der Waals surface area (Å²) in [5, 5.41) is 8.08. The molecular formula is C10H17N5. The average Bonchev–Trinajstić information content (AvgIpc) is 2.84. The molecule has 82 valence electrons. The van der Waals surface area contributed by atoms with Crippen molar-refractivity contribution in [2.24, 2.45) is 5.73 Å². The van der Waals surface area contributed by atoms with Crippen LogP contribution in [-0.2, 0) is 13.1 Å². The van der Waals surface area contributed by atoms with E-state index in [1.54, 1.807) is 0 Å². The third-order valence-electron chi connectivity index (χ3n) is 3.63. The van der Waals surface area contributed by atoms with Gasteiger partial charge in [0.15, 0.2) is 0 Å². The molecule has 2 atom stereocenters. The van der Waals surface area contributed by atoms with E-state index in [4.69, 9.17) is 5.73 Å². The smallest absolute Gasteiger partial charge is 0.147 e. The van der Waals surface area contributed by atoms with Crippen molar-refractivity contribution in [3.05, 3.63) is 12.2 Å². The van der Waals surface area contributed by atoms with Crippen LogP contribution in [-0.4, -0.2) is 38.3 Å². The summed E-state index contributed by atoms with van der Waals surface area (Å²) in [6, 6.07) is 1.08. The van der Waals surface area contributed by atoms with E-state index in [1.807, 2.05) is 6.33 Å². The lowest BCUT2D eigenvalue weighted by Crippen LogP contribution is -2.40. The van der Waals surface area contributed by atoms with E-state index in [1.165, 1.54) is 12.8 Å². The number of nitrogens with two attached hydrogens (primary N) is 1. The maximum Gasteiger partial charge on any atom is 0.147 e. The Morgan fingerprint density at radius 3 is 3.07 bits per heavy atom. The number of fused-ring (bicyclic) bond motifs is 1. The number of rotatable bonds is 1. The first kappa shape index (κ1) is 9.30. The first-order chi connectivity index (χ1) is 7.33. The fraction of sp³-hybridized carbons (Fsp3) is 0.800. The van der Waals surface area contributed by atoms with E-state index in [2.05, 4.69) is 19.7 Å². The van der Waals surface area contributed by atoms with Crippen LogP contribution in [0.5, 0.6) is 0 Å². The van der Waals surface area contributed by atoms with Gasteiger partial charge in [0, 0.05) is 25.2 Å². The van der Waals surface area contributed by atoms with Gasteiger partial charge in [0.1, 0.15) is 12.2 Å². The molecule has 5 nitrogen and oxygen atoms in total. The van der Waals surface area contributed by atoms with Gasteiger partial charge in [0.25, 0.3) is 0 Å².